The van der Waals surface area contributed by atoms with E-state index in [1.807, 2.05) is 24.3 Å². The molecule has 1 N–H and O–H groups in total. The molecule has 134 valence electrons. The first kappa shape index (κ1) is 16.9. The largest absolute Gasteiger partial charge is 0.497 e. The summed E-state index contributed by atoms with van der Waals surface area (Å²) in [7, 11) is 1.64. The van der Waals surface area contributed by atoms with Crippen molar-refractivity contribution in [2.45, 2.75) is 6.04 Å². The van der Waals surface area contributed by atoms with E-state index < -0.39 is 0 Å². The van der Waals surface area contributed by atoms with Crippen LogP contribution in [0.2, 0.25) is 5.02 Å². The second kappa shape index (κ2) is 6.97. The Bertz CT molecular complexity index is 938. The van der Waals surface area contributed by atoms with Gasteiger partial charge >= 0.3 is 0 Å². The number of Topliss-reactive ketones (excluding diaryl/α,β-unsaturated/α-hetero) is 1. The Morgan fingerprint density at radius 1 is 1.23 bits per heavy atom. The van der Waals surface area contributed by atoms with Crippen molar-refractivity contribution < 1.29 is 9.53 Å². The third-order valence-corrected chi connectivity index (χ3v) is 4.84. The number of halogens is 1. The quantitative estimate of drug-likeness (QED) is 0.715. The van der Waals surface area contributed by atoms with Crippen LogP contribution in [0, 0.1) is 0 Å². The van der Waals surface area contributed by atoms with Crippen molar-refractivity contribution in [3.05, 3.63) is 59.5 Å². The smallest absolute Gasteiger partial charge is 0.206 e. The summed E-state index contributed by atoms with van der Waals surface area (Å²) in [6.45, 7) is 2.16. The topological polar surface area (TPSA) is 58.9 Å². The molecule has 0 saturated carbocycles. The molecule has 1 unspecified atom stereocenters. The molecule has 1 fully saturated rings. The van der Waals surface area contributed by atoms with E-state index in [0.29, 0.717) is 22.9 Å². The van der Waals surface area contributed by atoms with Gasteiger partial charge in [-0.05, 0) is 36.4 Å². The molecular weight excluding hydrogens is 352 g/mol. The van der Waals surface area contributed by atoms with E-state index in [1.54, 1.807) is 36.0 Å². The fourth-order valence-corrected chi connectivity index (χ4v) is 3.44. The molecule has 26 heavy (non-hydrogen) atoms. The summed E-state index contributed by atoms with van der Waals surface area (Å²) < 4.78 is 7.00. The Morgan fingerprint density at radius 3 is 2.81 bits per heavy atom. The summed E-state index contributed by atoms with van der Waals surface area (Å²) in [4.78, 5) is 19.7. The SMILES string of the molecule is COc1ccc(N2CCNCC2C(=O)c2cn3cc(Cl)ccc3n2)cc1. The molecule has 1 aromatic carbocycles. The number of carbonyl (C=O) groups is 1. The summed E-state index contributed by atoms with van der Waals surface area (Å²) in [6, 6.07) is 11.0. The minimum Gasteiger partial charge on any atom is -0.497 e. The van der Waals surface area contributed by atoms with Gasteiger partial charge in [-0.15, -0.1) is 0 Å². The molecule has 0 aliphatic carbocycles. The van der Waals surface area contributed by atoms with Crippen LogP contribution in [0.5, 0.6) is 5.75 Å². The highest BCUT2D eigenvalue weighted by Gasteiger charge is 2.31. The zero-order chi connectivity index (χ0) is 18.1. The number of aromatic nitrogens is 2. The Kier molecular flexibility index (Phi) is 4.53. The van der Waals surface area contributed by atoms with Gasteiger partial charge in [0.25, 0.3) is 0 Å². The number of carbonyl (C=O) groups excluding carboxylic acids is 1. The number of benzene rings is 1. The number of hydrogen-bond donors (Lipinski definition) is 1. The van der Waals surface area contributed by atoms with Crippen LogP contribution in [0.3, 0.4) is 0 Å². The predicted octanol–water partition coefficient (Wildman–Crippen LogP) is 2.66. The number of imidazole rings is 1. The van der Waals surface area contributed by atoms with Gasteiger partial charge in [-0.1, -0.05) is 11.6 Å². The summed E-state index contributed by atoms with van der Waals surface area (Å²) >= 11 is 6.02. The maximum absolute atomic E-state index is 13.1. The predicted molar refractivity (Wildman–Crippen MR) is 102 cm³/mol. The molecule has 0 radical (unpaired) electrons. The molecule has 0 bridgehead atoms. The number of ether oxygens (including phenoxy) is 1. The number of anilines is 1. The number of ketones is 1. The molecule has 1 aliphatic heterocycles. The zero-order valence-electron chi connectivity index (χ0n) is 14.4. The summed E-state index contributed by atoms with van der Waals surface area (Å²) in [6.07, 6.45) is 3.49. The van der Waals surface area contributed by atoms with Crippen LogP contribution in [0.1, 0.15) is 10.5 Å². The molecule has 6 nitrogen and oxygen atoms in total. The van der Waals surface area contributed by atoms with Crippen LogP contribution in [0.15, 0.2) is 48.8 Å². The number of rotatable bonds is 4. The van der Waals surface area contributed by atoms with Crippen LogP contribution in [0.25, 0.3) is 5.65 Å². The molecular formula is C19H19ClN4O2. The van der Waals surface area contributed by atoms with Gasteiger partial charge in [0.1, 0.15) is 23.1 Å². The van der Waals surface area contributed by atoms with Crippen LogP contribution in [-0.2, 0) is 0 Å². The van der Waals surface area contributed by atoms with E-state index in [-0.39, 0.29) is 11.8 Å². The van der Waals surface area contributed by atoms with Gasteiger partial charge in [0, 0.05) is 37.7 Å². The molecule has 1 atom stereocenters. The lowest BCUT2D eigenvalue weighted by Gasteiger charge is -2.36. The summed E-state index contributed by atoms with van der Waals surface area (Å²) in [5.41, 5.74) is 2.15. The van der Waals surface area contributed by atoms with Gasteiger partial charge in [-0.3, -0.25) is 4.79 Å². The number of nitrogens with one attached hydrogen (secondary N) is 1. The second-order valence-electron chi connectivity index (χ2n) is 6.21. The Labute approximate surface area is 156 Å². The molecule has 1 aliphatic rings. The minimum absolute atomic E-state index is 0.00663. The average Bonchev–Trinajstić information content (AvgIpc) is 3.10. The highest BCUT2D eigenvalue weighted by molar-refractivity contribution is 6.30. The number of nitrogens with zero attached hydrogens (tertiary/aromatic N) is 3. The number of hydrogen-bond acceptors (Lipinski definition) is 5. The first-order chi connectivity index (χ1) is 12.7. The van der Waals surface area contributed by atoms with Gasteiger partial charge in [0.15, 0.2) is 0 Å². The Balaban J connectivity index is 1.64. The van der Waals surface area contributed by atoms with Crippen molar-refractivity contribution in [2.24, 2.45) is 0 Å². The molecule has 1 saturated heterocycles. The molecule has 3 aromatic rings. The molecule has 3 heterocycles. The second-order valence-corrected chi connectivity index (χ2v) is 6.65. The molecule has 0 amide bonds. The van der Waals surface area contributed by atoms with Gasteiger partial charge in [-0.25, -0.2) is 4.98 Å². The first-order valence-electron chi connectivity index (χ1n) is 8.45. The van der Waals surface area contributed by atoms with E-state index in [9.17, 15) is 4.79 Å². The van der Waals surface area contributed by atoms with Crippen molar-refractivity contribution >= 4 is 28.7 Å². The van der Waals surface area contributed by atoms with E-state index in [1.165, 1.54) is 0 Å². The lowest BCUT2D eigenvalue weighted by atomic mass is 10.0. The fourth-order valence-electron chi connectivity index (χ4n) is 3.28. The number of pyridine rings is 1. The van der Waals surface area contributed by atoms with Crippen LogP contribution in [0.4, 0.5) is 5.69 Å². The number of piperazine rings is 1. The van der Waals surface area contributed by atoms with Crippen molar-refractivity contribution in [3.8, 4) is 5.75 Å². The number of methoxy groups -OCH3 is 1. The molecule has 4 rings (SSSR count). The van der Waals surface area contributed by atoms with Gasteiger partial charge < -0.3 is 19.4 Å². The van der Waals surface area contributed by atoms with Gasteiger partial charge in [0.2, 0.25) is 5.78 Å². The monoisotopic (exact) mass is 370 g/mol. The molecule has 7 heteroatoms. The van der Waals surface area contributed by atoms with E-state index >= 15 is 0 Å². The molecule has 0 spiro atoms. The third-order valence-electron chi connectivity index (χ3n) is 4.62. The Hall–Kier alpha value is -2.57. The van der Waals surface area contributed by atoms with Crippen molar-refractivity contribution in [1.82, 2.24) is 14.7 Å². The van der Waals surface area contributed by atoms with Crippen molar-refractivity contribution in [3.63, 3.8) is 0 Å². The van der Waals surface area contributed by atoms with E-state index in [4.69, 9.17) is 16.3 Å². The normalized spacial score (nSPS) is 17.5. The van der Waals surface area contributed by atoms with Gasteiger partial charge in [-0.2, -0.15) is 0 Å². The maximum Gasteiger partial charge on any atom is 0.206 e. The fraction of sp³-hybridized carbons (Fsp3) is 0.263. The average molecular weight is 371 g/mol. The summed E-state index contributed by atoms with van der Waals surface area (Å²) in [5, 5.41) is 3.91. The highest BCUT2D eigenvalue weighted by Crippen LogP contribution is 2.24. The van der Waals surface area contributed by atoms with Gasteiger partial charge in [0.05, 0.1) is 12.1 Å². The lowest BCUT2D eigenvalue weighted by Crippen LogP contribution is -2.55. The Morgan fingerprint density at radius 2 is 2.04 bits per heavy atom. The van der Waals surface area contributed by atoms with Crippen LogP contribution < -0.4 is 15.0 Å². The minimum atomic E-state index is -0.308. The number of fused-ring (bicyclic) bond motifs is 1. The van der Waals surface area contributed by atoms with E-state index in [2.05, 4.69) is 15.2 Å². The highest BCUT2D eigenvalue weighted by atomic mass is 35.5. The van der Waals surface area contributed by atoms with Crippen molar-refractivity contribution in [1.29, 1.82) is 0 Å². The first-order valence-corrected chi connectivity index (χ1v) is 8.83. The lowest BCUT2D eigenvalue weighted by molar-refractivity contribution is 0.0946. The molecule has 2 aromatic heterocycles. The van der Waals surface area contributed by atoms with Crippen LogP contribution in [-0.4, -0.2) is 48.0 Å². The zero-order valence-corrected chi connectivity index (χ0v) is 15.1. The van der Waals surface area contributed by atoms with Crippen LogP contribution >= 0.6 is 11.6 Å². The maximum atomic E-state index is 13.1. The summed E-state index contributed by atoms with van der Waals surface area (Å²) in [5.74, 6) is 0.789. The standard InChI is InChI=1S/C19H19ClN4O2/c1-26-15-5-3-14(4-6-15)24-9-8-21-10-17(24)19(25)16-12-23-11-13(20)2-7-18(23)22-16/h2-7,11-12,17,21H,8-10H2,1H3. The van der Waals surface area contributed by atoms with Crippen molar-refractivity contribution in [2.75, 3.05) is 31.6 Å². The van der Waals surface area contributed by atoms with E-state index in [0.717, 1.165) is 24.5 Å². The third kappa shape index (κ3) is 3.13.